The molecule has 3 atom stereocenters. The molecule has 0 bridgehead atoms. The van der Waals surface area contributed by atoms with Crippen LogP contribution in [0.5, 0.6) is 0 Å². The highest BCUT2D eigenvalue weighted by Gasteiger charge is 2.59. The Bertz CT molecular complexity index is 1310. The van der Waals surface area contributed by atoms with Gasteiger partial charge in [0.25, 0.3) is 5.92 Å². The molecule has 3 aliphatic rings. The highest BCUT2D eigenvalue weighted by molar-refractivity contribution is 5.81. The first-order valence-electron chi connectivity index (χ1n) is 12.6. The number of halogens is 2. The largest absolute Gasteiger partial charge is 0.389 e. The normalized spacial score (nSPS) is 28.6. The van der Waals surface area contributed by atoms with Crippen LogP contribution in [0.25, 0.3) is 10.9 Å². The molecule has 2 saturated heterocycles. The van der Waals surface area contributed by atoms with E-state index in [4.69, 9.17) is 9.72 Å². The van der Waals surface area contributed by atoms with Crippen LogP contribution >= 0.6 is 0 Å². The zero-order valence-corrected chi connectivity index (χ0v) is 20.8. The molecule has 8 nitrogen and oxygen atoms in total. The molecule has 1 aromatic carbocycles. The number of alkyl halides is 2. The summed E-state index contributed by atoms with van der Waals surface area (Å²) in [7, 11) is 0. The van der Waals surface area contributed by atoms with Gasteiger partial charge in [0.05, 0.1) is 48.0 Å². The van der Waals surface area contributed by atoms with Gasteiger partial charge in [-0.25, -0.2) is 18.7 Å². The Balaban J connectivity index is 1.20. The van der Waals surface area contributed by atoms with Gasteiger partial charge in [-0.3, -0.25) is 9.58 Å². The molecule has 0 radical (unpaired) electrons. The van der Waals surface area contributed by atoms with Gasteiger partial charge < -0.3 is 15.2 Å². The maximum absolute atomic E-state index is 13.5. The molecule has 2 aliphatic heterocycles. The number of aryl methyl sites for hydroxylation is 1. The minimum atomic E-state index is -2.68. The number of aromatic nitrogens is 4. The van der Waals surface area contributed by atoms with Gasteiger partial charge in [0.15, 0.2) is 0 Å². The SMILES string of the molecule is Cc1cc2cnc(Nc3cnn(C4CC4(F)F)c3C)nc2cc1C1CCN(C2(C)COC[C@H]2O)CC1. The van der Waals surface area contributed by atoms with Crippen molar-refractivity contribution in [2.24, 2.45) is 0 Å². The second kappa shape index (κ2) is 8.43. The molecule has 10 heteroatoms. The molecule has 2 N–H and O–H groups in total. The minimum absolute atomic E-state index is 0.171. The van der Waals surface area contributed by atoms with E-state index in [-0.39, 0.29) is 12.0 Å². The molecule has 3 aromatic rings. The summed E-state index contributed by atoms with van der Waals surface area (Å²) in [5.41, 5.74) is 4.33. The Morgan fingerprint density at radius 1 is 1.17 bits per heavy atom. The molecular formula is C26H32F2N6O2. The summed E-state index contributed by atoms with van der Waals surface area (Å²) in [5, 5.41) is 18.7. The van der Waals surface area contributed by atoms with Crippen molar-refractivity contribution in [3.63, 3.8) is 0 Å². The zero-order valence-electron chi connectivity index (χ0n) is 20.8. The summed E-state index contributed by atoms with van der Waals surface area (Å²) in [6.45, 7) is 8.81. The number of rotatable bonds is 5. The molecule has 6 rings (SSSR count). The van der Waals surface area contributed by atoms with Crippen molar-refractivity contribution in [1.82, 2.24) is 24.6 Å². The van der Waals surface area contributed by atoms with Crippen LogP contribution in [-0.2, 0) is 4.74 Å². The van der Waals surface area contributed by atoms with Crippen molar-refractivity contribution in [1.29, 1.82) is 0 Å². The van der Waals surface area contributed by atoms with Crippen molar-refractivity contribution in [2.75, 3.05) is 31.6 Å². The number of nitrogens with zero attached hydrogens (tertiary/aromatic N) is 5. The van der Waals surface area contributed by atoms with Gasteiger partial charge in [-0.2, -0.15) is 5.10 Å². The molecule has 3 fully saturated rings. The highest BCUT2D eigenvalue weighted by Crippen LogP contribution is 2.53. The van der Waals surface area contributed by atoms with Crippen molar-refractivity contribution >= 4 is 22.5 Å². The number of ether oxygens (including phenoxy) is 1. The third-order valence-corrected chi connectivity index (χ3v) is 8.39. The van der Waals surface area contributed by atoms with Gasteiger partial charge in [0.1, 0.15) is 6.04 Å². The van der Waals surface area contributed by atoms with E-state index in [1.54, 1.807) is 19.3 Å². The molecule has 0 spiro atoms. The fraction of sp³-hybridized carbons (Fsp3) is 0.577. The lowest BCUT2D eigenvalue weighted by Crippen LogP contribution is -2.56. The van der Waals surface area contributed by atoms with E-state index in [1.165, 1.54) is 15.8 Å². The Morgan fingerprint density at radius 3 is 2.58 bits per heavy atom. The Morgan fingerprint density at radius 2 is 1.92 bits per heavy atom. The van der Waals surface area contributed by atoms with Gasteiger partial charge in [-0.15, -0.1) is 0 Å². The lowest BCUT2D eigenvalue weighted by atomic mass is 9.84. The van der Waals surface area contributed by atoms with Gasteiger partial charge in [-0.1, -0.05) is 0 Å². The number of fused-ring (bicyclic) bond motifs is 1. The fourth-order valence-corrected chi connectivity index (χ4v) is 5.81. The van der Waals surface area contributed by atoms with Crippen molar-refractivity contribution in [3.05, 3.63) is 41.3 Å². The van der Waals surface area contributed by atoms with Gasteiger partial charge in [0, 0.05) is 18.0 Å². The number of aliphatic hydroxyl groups is 1. The lowest BCUT2D eigenvalue weighted by Gasteiger charge is -2.43. The van der Waals surface area contributed by atoms with E-state index in [9.17, 15) is 13.9 Å². The molecule has 2 unspecified atom stereocenters. The van der Waals surface area contributed by atoms with E-state index < -0.39 is 18.1 Å². The molecule has 1 saturated carbocycles. The van der Waals surface area contributed by atoms with E-state index in [0.717, 1.165) is 36.8 Å². The van der Waals surface area contributed by atoms with Crippen LogP contribution in [0.1, 0.15) is 55.0 Å². The summed E-state index contributed by atoms with van der Waals surface area (Å²) in [6, 6.07) is 3.43. The smallest absolute Gasteiger partial charge is 0.272 e. The predicted octanol–water partition coefficient (Wildman–Crippen LogP) is 4.10. The van der Waals surface area contributed by atoms with Crippen LogP contribution in [0, 0.1) is 13.8 Å². The van der Waals surface area contributed by atoms with E-state index >= 15 is 0 Å². The average molecular weight is 499 g/mol. The third-order valence-electron chi connectivity index (χ3n) is 8.39. The van der Waals surface area contributed by atoms with E-state index in [1.807, 2.05) is 0 Å². The molecule has 2 aromatic heterocycles. The lowest BCUT2D eigenvalue weighted by molar-refractivity contribution is -0.00214. The highest BCUT2D eigenvalue weighted by atomic mass is 19.3. The maximum atomic E-state index is 13.5. The Hall–Kier alpha value is -2.69. The topological polar surface area (TPSA) is 88.3 Å². The summed E-state index contributed by atoms with van der Waals surface area (Å²) < 4.78 is 33.9. The van der Waals surface area contributed by atoms with Crippen molar-refractivity contribution < 1.29 is 18.6 Å². The first-order chi connectivity index (χ1) is 17.2. The predicted molar refractivity (Wildman–Crippen MR) is 132 cm³/mol. The van der Waals surface area contributed by atoms with Crippen molar-refractivity contribution in [2.45, 2.75) is 69.6 Å². The number of aliphatic hydroxyl groups excluding tert-OH is 1. The van der Waals surface area contributed by atoms with Crippen LogP contribution in [0.15, 0.2) is 24.5 Å². The van der Waals surface area contributed by atoms with Crippen LogP contribution in [-0.4, -0.2) is 73.6 Å². The Labute approximate surface area is 208 Å². The number of benzene rings is 1. The molecule has 1 aliphatic carbocycles. The van der Waals surface area contributed by atoms with E-state index in [0.29, 0.717) is 36.5 Å². The Kier molecular flexibility index (Phi) is 5.55. The standard InChI is InChI=1S/C26H32F2N6O2/c1-15-8-18-11-29-24(32-21-12-30-34(16(21)2)22-10-26(22,27)28)31-20(18)9-19(15)17-4-6-33(7-5-17)25(3)14-36-13-23(25)35/h8-9,11-12,17,22-23,35H,4-7,10,13-14H2,1-3H3,(H,29,31,32)/t22?,23-,25?/m1/s1. The number of piperidine rings is 1. The monoisotopic (exact) mass is 498 g/mol. The minimum Gasteiger partial charge on any atom is -0.389 e. The number of anilines is 2. The number of nitrogens with one attached hydrogen (secondary N) is 1. The summed E-state index contributed by atoms with van der Waals surface area (Å²) in [4.78, 5) is 11.6. The van der Waals surface area contributed by atoms with E-state index in [2.05, 4.69) is 46.3 Å². The molecule has 0 amide bonds. The first-order valence-corrected chi connectivity index (χ1v) is 12.6. The molecule has 192 valence electrons. The van der Waals surface area contributed by atoms with Crippen LogP contribution in [0.2, 0.25) is 0 Å². The third kappa shape index (κ3) is 3.95. The fourth-order valence-electron chi connectivity index (χ4n) is 5.81. The first kappa shape index (κ1) is 23.7. The molecule has 4 heterocycles. The summed E-state index contributed by atoms with van der Waals surface area (Å²) in [6.07, 6.45) is 4.75. The molecular weight excluding hydrogens is 466 g/mol. The number of hydrogen-bond acceptors (Lipinski definition) is 7. The maximum Gasteiger partial charge on any atom is 0.272 e. The van der Waals surface area contributed by atoms with Gasteiger partial charge in [0.2, 0.25) is 5.95 Å². The second-order valence-corrected chi connectivity index (χ2v) is 10.8. The summed E-state index contributed by atoms with van der Waals surface area (Å²) in [5.74, 6) is -1.85. The van der Waals surface area contributed by atoms with Crippen LogP contribution < -0.4 is 5.32 Å². The van der Waals surface area contributed by atoms with Crippen LogP contribution in [0.4, 0.5) is 20.4 Å². The second-order valence-electron chi connectivity index (χ2n) is 10.8. The number of likely N-dealkylation sites (tertiary alicyclic amines) is 1. The van der Waals surface area contributed by atoms with Crippen molar-refractivity contribution in [3.8, 4) is 0 Å². The average Bonchev–Trinajstić information content (AvgIpc) is 3.13. The zero-order chi connectivity index (χ0) is 25.2. The quantitative estimate of drug-likeness (QED) is 0.548. The van der Waals surface area contributed by atoms with Gasteiger partial charge >= 0.3 is 0 Å². The number of hydrogen-bond donors (Lipinski definition) is 2. The van der Waals surface area contributed by atoms with Gasteiger partial charge in [-0.05, 0) is 75.9 Å². The van der Waals surface area contributed by atoms with Crippen LogP contribution in [0.3, 0.4) is 0 Å². The summed E-state index contributed by atoms with van der Waals surface area (Å²) >= 11 is 0. The molecule has 36 heavy (non-hydrogen) atoms.